The molecule has 3 rings (SSSR count). The molecule has 0 spiro atoms. The average molecular weight is 371 g/mol. The third-order valence-electron chi connectivity index (χ3n) is 4.47. The minimum atomic E-state index is -0.793. The van der Waals surface area contributed by atoms with Gasteiger partial charge in [-0.2, -0.15) is 0 Å². The van der Waals surface area contributed by atoms with Gasteiger partial charge in [-0.25, -0.2) is 0 Å². The summed E-state index contributed by atoms with van der Waals surface area (Å²) in [4.78, 5) is 36.6. The van der Waals surface area contributed by atoms with Crippen LogP contribution in [0.15, 0.2) is 24.3 Å². The normalized spacial score (nSPS) is 13.7. The Balaban J connectivity index is 2.27. The fourth-order valence-corrected chi connectivity index (χ4v) is 3.19. The molecule has 1 atom stereocenters. The van der Waals surface area contributed by atoms with E-state index in [1.807, 2.05) is 0 Å². The standard InChI is InChI=1S/C18H17N3O6/c1-8(6-7-22)20-10-3-2-9(19)13-14(10)18(25)16-12(23)5-4-11(21(26)27)15(16)17(13)24/h2-5,8,20,22-23H,6-7,19H2,1H3. The highest BCUT2D eigenvalue weighted by Gasteiger charge is 2.40. The van der Waals surface area contributed by atoms with Crippen LogP contribution in [0, 0.1) is 10.1 Å². The van der Waals surface area contributed by atoms with Gasteiger partial charge in [-0.3, -0.25) is 19.7 Å². The number of hydrogen-bond acceptors (Lipinski definition) is 8. The number of nitrogen functional groups attached to an aromatic ring is 1. The summed E-state index contributed by atoms with van der Waals surface area (Å²) in [6.07, 6.45) is 0.397. The lowest BCUT2D eigenvalue weighted by Gasteiger charge is -2.24. The number of nitro groups is 1. The molecule has 0 amide bonds. The van der Waals surface area contributed by atoms with Crippen LogP contribution in [-0.2, 0) is 0 Å². The molecule has 1 aliphatic carbocycles. The highest BCUT2D eigenvalue weighted by atomic mass is 16.6. The molecule has 9 heteroatoms. The molecule has 0 aromatic heterocycles. The molecule has 9 nitrogen and oxygen atoms in total. The minimum Gasteiger partial charge on any atom is -0.507 e. The van der Waals surface area contributed by atoms with E-state index < -0.39 is 39.1 Å². The van der Waals surface area contributed by atoms with E-state index in [1.165, 1.54) is 12.1 Å². The molecule has 2 aromatic rings. The number of phenols is 1. The zero-order valence-electron chi connectivity index (χ0n) is 14.4. The summed E-state index contributed by atoms with van der Waals surface area (Å²) >= 11 is 0. The van der Waals surface area contributed by atoms with Crippen LogP contribution in [0.3, 0.4) is 0 Å². The fraction of sp³-hybridized carbons (Fsp3) is 0.222. The van der Waals surface area contributed by atoms with Crippen molar-refractivity contribution < 1.29 is 24.7 Å². The number of carbonyl (C=O) groups excluding carboxylic acids is 2. The number of nitrogens with one attached hydrogen (secondary N) is 1. The highest BCUT2D eigenvalue weighted by molar-refractivity contribution is 6.33. The van der Waals surface area contributed by atoms with Gasteiger partial charge in [-0.15, -0.1) is 0 Å². The molecule has 0 heterocycles. The van der Waals surface area contributed by atoms with E-state index in [0.717, 1.165) is 12.1 Å². The van der Waals surface area contributed by atoms with Gasteiger partial charge in [0.1, 0.15) is 11.3 Å². The summed E-state index contributed by atoms with van der Waals surface area (Å²) in [5.41, 5.74) is 4.57. The van der Waals surface area contributed by atoms with Crippen molar-refractivity contribution in [3.8, 4) is 5.75 Å². The van der Waals surface area contributed by atoms with Gasteiger partial charge in [0.2, 0.25) is 11.6 Å². The number of phenolic OH excluding ortho intramolecular Hbond substituents is 1. The zero-order valence-corrected chi connectivity index (χ0v) is 14.4. The van der Waals surface area contributed by atoms with Gasteiger partial charge >= 0.3 is 0 Å². The molecule has 0 radical (unpaired) electrons. The van der Waals surface area contributed by atoms with Crippen molar-refractivity contribution in [1.29, 1.82) is 0 Å². The number of rotatable bonds is 5. The first-order valence-electron chi connectivity index (χ1n) is 8.17. The number of aliphatic hydroxyl groups excluding tert-OH is 1. The van der Waals surface area contributed by atoms with Crippen molar-refractivity contribution in [1.82, 2.24) is 0 Å². The molecule has 0 saturated heterocycles. The summed E-state index contributed by atoms with van der Waals surface area (Å²) in [5, 5.41) is 33.5. The monoisotopic (exact) mass is 371 g/mol. The van der Waals surface area contributed by atoms with E-state index in [-0.39, 0.29) is 29.5 Å². The number of fused-ring (bicyclic) bond motifs is 2. The lowest BCUT2D eigenvalue weighted by Crippen LogP contribution is -2.27. The van der Waals surface area contributed by atoms with Gasteiger partial charge in [-0.1, -0.05) is 0 Å². The van der Waals surface area contributed by atoms with Gasteiger partial charge in [0.05, 0.1) is 21.6 Å². The maximum Gasteiger partial charge on any atom is 0.281 e. The summed E-state index contributed by atoms with van der Waals surface area (Å²) in [5.74, 6) is -2.04. The van der Waals surface area contributed by atoms with Crippen molar-refractivity contribution in [2.75, 3.05) is 17.7 Å². The van der Waals surface area contributed by atoms with Crippen LogP contribution in [0.4, 0.5) is 17.1 Å². The predicted molar refractivity (Wildman–Crippen MR) is 97.3 cm³/mol. The van der Waals surface area contributed by atoms with Crippen LogP contribution in [-0.4, -0.2) is 39.4 Å². The van der Waals surface area contributed by atoms with Gasteiger partial charge in [0.15, 0.2) is 0 Å². The minimum absolute atomic E-state index is 0.00648. The third kappa shape index (κ3) is 2.87. The van der Waals surface area contributed by atoms with Gasteiger partial charge in [0, 0.05) is 30.1 Å². The quantitative estimate of drug-likeness (QED) is 0.301. The number of nitrogens with zero attached hydrogens (tertiary/aromatic N) is 1. The Kier molecular flexibility index (Phi) is 4.54. The van der Waals surface area contributed by atoms with Gasteiger partial charge in [0.25, 0.3) is 5.69 Å². The topological polar surface area (TPSA) is 156 Å². The number of aromatic hydroxyl groups is 1. The van der Waals surface area contributed by atoms with Crippen molar-refractivity contribution in [3.63, 3.8) is 0 Å². The SMILES string of the molecule is CC(CCO)Nc1ccc(N)c2c1C(=O)c1c(O)ccc([N+](=O)[O-])c1C2=O. The van der Waals surface area contributed by atoms with Gasteiger partial charge < -0.3 is 21.3 Å². The predicted octanol–water partition coefficient (Wildman–Crippen LogP) is 1.84. The second-order valence-corrected chi connectivity index (χ2v) is 6.28. The molecule has 1 aliphatic rings. The summed E-state index contributed by atoms with van der Waals surface area (Å²) in [6, 6.07) is 4.72. The number of benzene rings is 2. The Morgan fingerprint density at radius 3 is 2.41 bits per heavy atom. The molecule has 2 aromatic carbocycles. The summed E-state index contributed by atoms with van der Waals surface area (Å²) in [6.45, 7) is 1.71. The first-order chi connectivity index (χ1) is 12.8. The molecule has 1 unspecified atom stereocenters. The lowest BCUT2D eigenvalue weighted by atomic mass is 9.81. The molecule has 0 saturated carbocycles. The first-order valence-corrected chi connectivity index (χ1v) is 8.17. The molecular weight excluding hydrogens is 354 g/mol. The van der Waals surface area contributed by atoms with Crippen LogP contribution in [0.2, 0.25) is 0 Å². The third-order valence-corrected chi connectivity index (χ3v) is 4.47. The summed E-state index contributed by atoms with van der Waals surface area (Å²) < 4.78 is 0. The molecule has 0 aliphatic heterocycles. The Hall–Kier alpha value is -3.46. The van der Waals surface area contributed by atoms with Crippen molar-refractivity contribution in [2.24, 2.45) is 0 Å². The second-order valence-electron chi connectivity index (χ2n) is 6.28. The number of carbonyl (C=O) groups is 2. The van der Waals surface area contributed by atoms with Crippen LogP contribution in [0.1, 0.15) is 45.2 Å². The average Bonchev–Trinajstić information content (AvgIpc) is 2.60. The Morgan fingerprint density at radius 1 is 1.11 bits per heavy atom. The Morgan fingerprint density at radius 2 is 1.78 bits per heavy atom. The number of anilines is 2. The summed E-state index contributed by atoms with van der Waals surface area (Å²) in [7, 11) is 0. The smallest absolute Gasteiger partial charge is 0.281 e. The van der Waals surface area contributed by atoms with E-state index >= 15 is 0 Å². The second kappa shape index (κ2) is 6.69. The van der Waals surface area contributed by atoms with Gasteiger partial charge in [-0.05, 0) is 31.5 Å². The maximum absolute atomic E-state index is 13.1. The van der Waals surface area contributed by atoms with E-state index in [1.54, 1.807) is 6.92 Å². The number of nitrogens with two attached hydrogens (primary N) is 1. The number of hydrogen-bond donors (Lipinski definition) is 4. The lowest BCUT2D eigenvalue weighted by molar-refractivity contribution is -0.385. The van der Waals surface area contributed by atoms with E-state index in [0.29, 0.717) is 12.1 Å². The van der Waals surface area contributed by atoms with E-state index in [2.05, 4.69) is 5.32 Å². The highest BCUT2D eigenvalue weighted by Crippen LogP contribution is 2.42. The largest absolute Gasteiger partial charge is 0.507 e. The molecular formula is C18H17N3O6. The number of nitro benzene ring substituents is 1. The number of aliphatic hydroxyl groups is 1. The number of ketones is 2. The molecule has 140 valence electrons. The van der Waals surface area contributed by atoms with Crippen molar-refractivity contribution in [3.05, 3.63) is 56.6 Å². The first kappa shape index (κ1) is 18.3. The Labute approximate surface area is 153 Å². The Bertz CT molecular complexity index is 986. The zero-order chi connectivity index (χ0) is 19.9. The molecule has 0 bridgehead atoms. The van der Waals surface area contributed by atoms with Crippen LogP contribution in [0.25, 0.3) is 0 Å². The van der Waals surface area contributed by atoms with Crippen molar-refractivity contribution >= 4 is 28.6 Å². The molecule has 27 heavy (non-hydrogen) atoms. The molecule has 5 N–H and O–H groups in total. The van der Waals surface area contributed by atoms with Crippen LogP contribution >= 0.6 is 0 Å². The van der Waals surface area contributed by atoms with Crippen LogP contribution in [0.5, 0.6) is 5.75 Å². The fourth-order valence-electron chi connectivity index (χ4n) is 3.19. The maximum atomic E-state index is 13.1. The van der Waals surface area contributed by atoms with Crippen LogP contribution < -0.4 is 11.1 Å². The van der Waals surface area contributed by atoms with Crippen molar-refractivity contribution in [2.45, 2.75) is 19.4 Å². The van der Waals surface area contributed by atoms with E-state index in [4.69, 9.17) is 10.8 Å². The molecule has 0 fully saturated rings. The van der Waals surface area contributed by atoms with E-state index in [9.17, 15) is 24.8 Å².